The molecule has 0 aromatic heterocycles. The summed E-state index contributed by atoms with van der Waals surface area (Å²) in [7, 11) is 3.23. The first-order valence-corrected chi connectivity index (χ1v) is 7.36. The molecule has 0 unspecified atom stereocenters. The standard InChI is InChI=1S/C16H22N2O3/c1-10-14(20-2)4-11(5-15(10)21-3)16(19)18-8-12-6-17-7-13(12)9-18/h4-5,12-13,17H,6-9H2,1-3H3/t12-,13+. The molecule has 3 rings (SSSR count). The average Bonchev–Trinajstić information content (AvgIpc) is 3.08. The Morgan fingerprint density at radius 2 is 1.67 bits per heavy atom. The molecule has 2 aliphatic heterocycles. The van der Waals surface area contributed by atoms with Gasteiger partial charge >= 0.3 is 0 Å². The predicted molar refractivity (Wildman–Crippen MR) is 80.0 cm³/mol. The lowest BCUT2D eigenvalue weighted by Gasteiger charge is -2.19. The molecular weight excluding hydrogens is 268 g/mol. The first-order valence-electron chi connectivity index (χ1n) is 7.36. The summed E-state index contributed by atoms with van der Waals surface area (Å²) in [6.07, 6.45) is 0. The zero-order chi connectivity index (χ0) is 15.0. The average molecular weight is 290 g/mol. The second kappa shape index (κ2) is 5.56. The smallest absolute Gasteiger partial charge is 0.254 e. The number of nitrogens with zero attached hydrogens (tertiary/aromatic N) is 1. The van der Waals surface area contributed by atoms with Crippen molar-refractivity contribution in [3.8, 4) is 11.5 Å². The van der Waals surface area contributed by atoms with Crippen molar-refractivity contribution in [3.05, 3.63) is 23.3 Å². The molecule has 2 atom stereocenters. The SMILES string of the molecule is COc1cc(C(=O)N2C[C@H]3CNC[C@H]3C2)cc(OC)c1C. The number of nitrogens with one attached hydrogen (secondary N) is 1. The van der Waals surface area contributed by atoms with Gasteiger partial charge in [0.05, 0.1) is 14.2 Å². The number of ether oxygens (including phenoxy) is 2. The number of rotatable bonds is 3. The monoisotopic (exact) mass is 290 g/mol. The van der Waals surface area contributed by atoms with E-state index in [9.17, 15) is 4.79 Å². The van der Waals surface area contributed by atoms with Gasteiger partial charge < -0.3 is 19.7 Å². The van der Waals surface area contributed by atoms with Crippen molar-refractivity contribution in [2.75, 3.05) is 40.4 Å². The largest absolute Gasteiger partial charge is 0.496 e. The Kier molecular flexibility index (Phi) is 3.76. The number of carbonyl (C=O) groups excluding carboxylic acids is 1. The fraction of sp³-hybridized carbons (Fsp3) is 0.562. The molecule has 0 bridgehead atoms. The Morgan fingerprint density at radius 3 is 2.14 bits per heavy atom. The number of fused-ring (bicyclic) bond motifs is 1. The number of methoxy groups -OCH3 is 2. The molecule has 0 saturated carbocycles. The van der Waals surface area contributed by atoms with E-state index < -0.39 is 0 Å². The highest BCUT2D eigenvalue weighted by atomic mass is 16.5. The molecule has 2 fully saturated rings. The number of benzene rings is 1. The summed E-state index contributed by atoms with van der Waals surface area (Å²) in [5.41, 5.74) is 1.56. The van der Waals surface area contributed by atoms with Crippen molar-refractivity contribution < 1.29 is 14.3 Å². The quantitative estimate of drug-likeness (QED) is 0.912. The van der Waals surface area contributed by atoms with Crippen molar-refractivity contribution in [2.45, 2.75) is 6.92 Å². The molecule has 2 heterocycles. The zero-order valence-electron chi connectivity index (χ0n) is 12.8. The number of carbonyl (C=O) groups is 1. The van der Waals surface area contributed by atoms with E-state index in [0.717, 1.165) is 31.7 Å². The van der Waals surface area contributed by atoms with Gasteiger partial charge in [0.1, 0.15) is 11.5 Å². The van der Waals surface area contributed by atoms with Crippen LogP contribution in [0.3, 0.4) is 0 Å². The van der Waals surface area contributed by atoms with E-state index in [1.54, 1.807) is 14.2 Å². The summed E-state index contributed by atoms with van der Waals surface area (Å²) in [5.74, 6) is 2.66. The van der Waals surface area contributed by atoms with Gasteiger partial charge in [-0.2, -0.15) is 0 Å². The molecule has 1 N–H and O–H groups in total. The Morgan fingerprint density at radius 1 is 1.14 bits per heavy atom. The third kappa shape index (κ3) is 2.46. The van der Waals surface area contributed by atoms with Crippen LogP contribution in [0.5, 0.6) is 11.5 Å². The summed E-state index contributed by atoms with van der Waals surface area (Å²) in [5, 5.41) is 3.39. The minimum atomic E-state index is 0.0704. The van der Waals surface area contributed by atoms with Crippen LogP contribution < -0.4 is 14.8 Å². The topological polar surface area (TPSA) is 50.8 Å². The lowest BCUT2D eigenvalue weighted by molar-refractivity contribution is 0.0781. The van der Waals surface area contributed by atoms with Crippen molar-refractivity contribution in [1.82, 2.24) is 10.2 Å². The van der Waals surface area contributed by atoms with Gasteiger partial charge in [-0.15, -0.1) is 0 Å². The van der Waals surface area contributed by atoms with E-state index in [4.69, 9.17) is 9.47 Å². The van der Waals surface area contributed by atoms with Crippen LogP contribution in [0.25, 0.3) is 0 Å². The number of likely N-dealkylation sites (tertiary alicyclic amines) is 1. The van der Waals surface area contributed by atoms with Gasteiger partial charge in [-0.3, -0.25) is 4.79 Å². The van der Waals surface area contributed by atoms with Crippen LogP contribution in [0.4, 0.5) is 0 Å². The minimum Gasteiger partial charge on any atom is -0.496 e. The second-order valence-electron chi connectivity index (χ2n) is 5.89. The lowest BCUT2D eigenvalue weighted by Crippen LogP contribution is -2.31. The summed E-state index contributed by atoms with van der Waals surface area (Å²) in [4.78, 5) is 14.7. The lowest BCUT2D eigenvalue weighted by atomic mass is 10.0. The Labute approximate surface area is 125 Å². The predicted octanol–water partition coefficient (Wildman–Crippen LogP) is 1.30. The first kappa shape index (κ1) is 14.2. The third-order valence-electron chi connectivity index (χ3n) is 4.68. The number of amides is 1. The van der Waals surface area contributed by atoms with Crippen molar-refractivity contribution in [3.63, 3.8) is 0 Å². The van der Waals surface area contributed by atoms with Gasteiger partial charge in [-0.1, -0.05) is 0 Å². The Bertz CT molecular complexity index is 521. The van der Waals surface area contributed by atoms with Crippen molar-refractivity contribution in [2.24, 2.45) is 11.8 Å². The van der Waals surface area contributed by atoms with Crippen LogP contribution >= 0.6 is 0 Å². The summed E-state index contributed by atoms with van der Waals surface area (Å²) in [6, 6.07) is 3.62. The van der Waals surface area contributed by atoms with Crippen LogP contribution in [0.2, 0.25) is 0 Å². The number of hydrogen-bond acceptors (Lipinski definition) is 4. The Balaban J connectivity index is 1.84. The number of hydrogen-bond donors (Lipinski definition) is 1. The highest BCUT2D eigenvalue weighted by Crippen LogP contribution is 2.32. The third-order valence-corrected chi connectivity index (χ3v) is 4.68. The van der Waals surface area contributed by atoms with E-state index >= 15 is 0 Å². The molecule has 0 spiro atoms. The van der Waals surface area contributed by atoms with Crippen molar-refractivity contribution in [1.29, 1.82) is 0 Å². The van der Waals surface area contributed by atoms with Crippen LogP contribution in [0.1, 0.15) is 15.9 Å². The molecule has 5 heteroatoms. The molecular formula is C16H22N2O3. The molecule has 0 radical (unpaired) electrons. The molecule has 2 aliphatic rings. The Hall–Kier alpha value is -1.75. The molecule has 1 aromatic carbocycles. The highest BCUT2D eigenvalue weighted by Gasteiger charge is 2.38. The molecule has 114 valence electrons. The fourth-order valence-electron chi connectivity index (χ4n) is 3.41. The van der Waals surface area contributed by atoms with E-state index in [0.29, 0.717) is 28.9 Å². The summed E-state index contributed by atoms with van der Waals surface area (Å²) < 4.78 is 10.7. The van der Waals surface area contributed by atoms with Gasteiger partial charge in [0, 0.05) is 37.3 Å². The summed E-state index contributed by atoms with van der Waals surface area (Å²) in [6.45, 7) is 5.66. The fourth-order valence-corrected chi connectivity index (χ4v) is 3.41. The van der Waals surface area contributed by atoms with Gasteiger partial charge in [0.2, 0.25) is 0 Å². The van der Waals surface area contributed by atoms with E-state index in [1.165, 1.54) is 0 Å². The van der Waals surface area contributed by atoms with Crippen molar-refractivity contribution >= 4 is 5.91 Å². The molecule has 0 aliphatic carbocycles. The zero-order valence-corrected chi connectivity index (χ0v) is 12.8. The first-order chi connectivity index (χ1) is 10.1. The van der Waals surface area contributed by atoms with Crippen LogP contribution in [0.15, 0.2) is 12.1 Å². The molecule has 2 saturated heterocycles. The minimum absolute atomic E-state index is 0.0704. The maximum Gasteiger partial charge on any atom is 0.254 e. The molecule has 1 amide bonds. The van der Waals surface area contributed by atoms with Crippen LogP contribution in [0, 0.1) is 18.8 Å². The van der Waals surface area contributed by atoms with Gasteiger partial charge in [0.15, 0.2) is 0 Å². The van der Waals surface area contributed by atoms with E-state index in [1.807, 2.05) is 24.0 Å². The molecule has 1 aromatic rings. The van der Waals surface area contributed by atoms with E-state index in [-0.39, 0.29) is 5.91 Å². The maximum absolute atomic E-state index is 12.7. The van der Waals surface area contributed by atoms with Gasteiger partial charge in [0.25, 0.3) is 5.91 Å². The van der Waals surface area contributed by atoms with Gasteiger partial charge in [-0.25, -0.2) is 0 Å². The van der Waals surface area contributed by atoms with Gasteiger partial charge in [-0.05, 0) is 30.9 Å². The maximum atomic E-state index is 12.7. The molecule has 21 heavy (non-hydrogen) atoms. The highest BCUT2D eigenvalue weighted by molar-refractivity contribution is 5.95. The van der Waals surface area contributed by atoms with Crippen LogP contribution in [-0.2, 0) is 0 Å². The summed E-state index contributed by atoms with van der Waals surface area (Å²) >= 11 is 0. The van der Waals surface area contributed by atoms with Crippen LogP contribution in [-0.4, -0.2) is 51.2 Å². The normalized spacial score (nSPS) is 24.0. The second-order valence-corrected chi connectivity index (χ2v) is 5.89. The molecule has 5 nitrogen and oxygen atoms in total. The van der Waals surface area contributed by atoms with E-state index in [2.05, 4.69) is 5.32 Å².